The molecule has 28 heavy (non-hydrogen) atoms. The van der Waals surface area contributed by atoms with E-state index in [1.807, 2.05) is 6.92 Å². The average Bonchev–Trinajstić information content (AvgIpc) is 3.16. The van der Waals surface area contributed by atoms with Gasteiger partial charge in [0.15, 0.2) is 5.96 Å². The van der Waals surface area contributed by atoms with Crippen molar-refractivity contribution in [1.29, 1.82) is 0 Å². The normalized spacial score (nSPS) is 16.0. The molecule has 1 aliphatic heterocycles. The minimum absolute atomic E-state index is 0. The number of hydrogen-bond donors (Lipinski definition) is 3. The van der Waals surface area contributed by atoms with Crippen LogP contribution >= 0.6 is 24.0 Å². The fourth-order valence-corrected chi connectivity index (χ4v) is 3.01. The van der Waals surface area contributed by atoms with Crippen LogP contribution in [0.4, 0.5) is 8.78 Å². The lowest BCUT2D eigenvalue weighted by atomic mass is 10.1. The Bertz CT molecular complexity index is 570. The topological polar surface area (TPSA) is 69.1 Å². The standard InChI is InChI=1S/C19H30F2N4O2.HI/c1-2-22-19(23-10-5-13-25-11-3-4-12-25)24-14-17(26)15-6-8-16(9-7-15)27-18(20)21;/h6-9,17-18,26H,2-5,10-14H2,1H3,(H2,22,23,24);1H. The van der Waals surface area contributed by atoms with Crippen molar-refractivity contribution >= 4 is 29.9 Å². The number of halogens is 3. The Morgan fingerprint density at radius 2 is 1.89 bits per heavy atom. The van der Waals surface area contributed by atoms with Crippen LogP contribution < -0.4 is 15.4 Å². The fourth-order valence-electron chi connectivity index (χ4n) is 3.01. The summed E-state index contributed by atoms with van der Waals surface area (Å²) in [6.45, 7) is 4.33. The number of benzene rings is 1. The molecule has 9 heteroatoms. The van der Waals surface area contributed by atoms with Crippen LogP contribution in [-0.2, 0) is 0 Å². The Hall–Kier alpha value is -1.20. The summed E-state index contributed by atoms with van der Waals surface area (Å²) in [4.78, 5) is 6.88. The van der Waals surface area contributed by atoms with E-state index in [1.54, 1.807) is 12.1 Å². The van der Waals surface area contributed by atoms with Gasteiger partial charge in [0, 0.05) is 13.1 Å². The zero-order chi connectivity index (χ0) is 19.5. The Morgan fingerprint density at radius 3 is 2.50 bits per heavy atom. The van der Waals surface area contributed by atoms with Gasteiger partial charge in [-0.25, -0.2) is 0 Å². The van der Waals surface area contributed by atoms with Crippen LogP contribution in [0.5, 0.6) is 5.75 Å². The molecule has 1 aliphatic rings. The van der Waals surface area contributed by atoms with E-state index in [2.05, 4.69) is 25.3 Å². The summed E-state index contributed by atoms with van der Waals surface area (Å²) < 4.78 is 28.6. The molecule has 0 amide bonds. The second-order valence-electron chi connectivity index (χ2n) is 6.51. The molecule has 1 aromatic carbocycles. The Balaban J connectivity index is 0.00000392. The molecule has 3 N–H and O–H groups in total. The number of aliphatic hydroxyl groups is 1. The Kier molecular flexibility index (Phi) is 12.3. The third-order valence-electron chi connectivity index (χ3n) is 4.40. The maximum atomic E-state index is 12.2. The summed E-state index contributed by atoms with van der Waals surface area (Å²) in [6.07, 6.45) is 2.82. The first-order chi connectivity index (χ1) is 13.1. The number of aliphatic imine (C=N–C) groups is 1. The summed E-state index contributed by atoms with van der Waals surface area (Å²) in [5.41, 5.74) is 0.602. The van der Waals surface area contributed by atoms with Crippen molar-refractivity contribution in [3.8, 4) is 5.75 Å². The number of aliphatic hydroxyl groups excluding tert-OH is 1. The van der Waals surface area contributed by atoms with Crippen LogP contribution in [0.2, 0.25) is 0 Å². The number of hydrogen-bond acceptors (Lipinski definition) is 4. The highest BCUT2D eigenvalue weighted by atomic mass is 127. The average molecular weight is 512 g/mol. The smallest absolute Gasteiger partial charge is 0.387 e. The molecule has 2 rings (SSSR count). The van der Waals surface area contributed by atoms with Crippen LogP contribution in [0, 0.1) is 0 Å². The van der Waals surface area contributed by atoms with Gasteiger partial charge < -0.3 is 25.4 Å². The highest BCUT2D eigenvalue weighted by Gasteiger charge is 2.11. The van der Waals surface area contributed by atoms with Crippen molar-refractivity contribution in [2.24, 2.45) is 4.99 Å². The second-order valence-corrected chi connectivity index (χ2v) is 6.51. The van der Waals surface area contributed by atoms with Gasteiger partial charge in [0.2, 0.25) is 0 Å². The first-order valence-corrected chi connectivity index (χ1v) is 9.56. The highest BCUT2D eigenvalue weighted by molar-refractivity contribution is 14.0. The molecule has 0 bridgehead atoms. The first kappa shape index (κ1) is 24.8. The minimum atomic E-state index is -2.86. The fraction of sp³-hybridized carbons (Fsp3) is 0.632. The summed E-state index contributed by atoms with van der Waals surface area (Å²) in [6, 6.07) is 5.95. The highest BCUT2D eigenvalue weighted by Crippen LogP contribution is 2.19. The second kappa shape index (κ2) is 13.9. The van der Waals surface area contributed by atoms with Gasteiger partial charge in [-0.15, -0.1) is 24.0 Å². The summed E-state index contributed by atoms with van der Waals surface area (Å²) >= 11 is 0. The van der Waals surface area contributed by atoms with Crippen molar-refractivity contribution in [3.05, 3.63) is 29.8 Å². The molecule has 1 saturated heterocycles. The lowest BCUT2D eigenvalue weighted by molar-refractivity contribution is -0.0498. The van der Waals surface area contributed by atoms with Crippen LogP contribution in [0.25, 0.3) is 0 Å². The third kappa shape index (κ3) is 9.33. The van der Waals surface area contributed by atoms with Gasteiger partial charge in [-0.05, 0) is 63.5 Å². The predicted molar refractivity (Wildman–Crippen MR) is 118 cm³/mol. The van der Waals surface area contributed by atoms with Crippen molar-refractivity contribution in [2.45, 2.75) is 38.9 Å². The van der Waals surface area contributed by atoms with E-state index in [9.17, 15) is 13.9 Å². The lowest BCUT2D eigenvalue weighted by Gasteiger charge is -2.16. The Morgan fingerprint density at radius 1 is 1.21 bits per heavy atom. The van der Waals surface area contributed by atoms with Gasteiger partial charge in [0.05, 0.1) is 12.6 Å². The quantitative estimate of drug-likeness (QED) is 0.195. The molecule has 1 atom stereocenters. The van der Waals surface area contributed by atoms with Gasteiger partial charge in [0.25, 0.3) is 0 Å². The largest absolute Gasteiger partial charge is 0.435 e. The maximum Gasteiger partial charge on any atom is 0.387 e. The zero-order valence-electron chi connectivity index (χ0n) is 16.2. The van der Waals surface area contributed by atoms with Crippen LogP contribution in [0.3, 0.4) is 0 Å². The lowest BCUT2D eigenvalue weighted by Crippen LogP contribution is -2.39. The molecule has 0 aliphatic carbocycles. The molecule has 6 nitrogen and oxygen atoms in total. The molecule has 1 fully saturated rings. The van der Waals surface area contributed by atoms with Crippen molar-refractivity contribution in [1.82, 2.24) is 15.5 Å². The number of guanidine groups is 1. The van der Waals surface area contributed by atoms with Crippen molar-refractivity contribution < 1.29 is 18.6 Å². The molecule has 1 unspecified atom stereocenters. The van der Waals surface area contributed by atoms with Gasteiger partial charge in [-0.2, -0.15) is 8.78 Å². The van der Waals surface area contributed by atoms with Crippen molar-refractivity contribution in [2.75, 3.05) is 39.3 Å². The third-order valence-corrected chi connectivity index (χ3v) is 4.40. The number of alkyl halides is 2. The summed E-state index contributed by atoms with van der Waals surface area (Å²) in [7, 11) is 0. The molecular formula is C19H31F2IN4O2. The molecule has 0 spiro atoms. The van der Waals surface area contributed by atoms with E-state index in [4.69, 9.17) is 0 Å². The predicted octanol–water partition coefficient (Wildman–Crippen LogP) is 2.98. The monoisotopic (exact) mass is 512 g/mol. The maximum absolute atomic E-state index is 12.2. The first-order valence-electron chi connectivity index (χ1n) is 9.56. The van der Waals surface area contributed by atoms with E-state index in [1.165, 1.54) is 38.1 Å². The summed E-state index contributed by atoms with van der Waals surface area (Å²) in [5.74, 6) is 0.730. The number of rotatable bonds is 10. The van der Waals surface area contributed by atoms with Crippen molar-refractivity contribution in [3.63, 3.8) is 0 Å². The van der Waals surface area contributed by atoms with Gasteiger partial charge >= 0.3 is 6.61 Å². The number of nitrogens with one attached hydrogen (secondary N) is 2. The zero-order valence-corrected chi connectivity index (χ0v) is 18.6. The van der Waals surface area contributed by atoms with Gasteiger partial charge in [-0.1, -0.05) is 12.1 Å². The SMILES string of the molecule is CCNC(=NCC(O)c1ccc(OC(F)F)cc1)NCCCN1CCCC1.I. The molecule has 1 aromatic rings. The van der Waals surface area contributed by atoms with E-state index in [-0.39, 0.29) is 36.3 Å². The molecule has 0 aromatic heterocycles. The molecule has 0 saturated carbocycles. The van der Waals surface area contributed by atoms with Gasteiger partial charge in [0.1, 0.15) is 5.75 Å². The summed E-state index contributed by atoms with van der Waals surface area (Å²) in [5, 5.41) is 16.7. The number of likely N-dealkylation sites (tertiary alicyclic amines) is 1. The van der Waals surface area contributed by atoms with Gasteiger partial charge in [-0.3, -0.25) is 4.99 Å². The molecular weight excluding hydrogens is 481 g/mol. The van der Waals surface area contributed by atoms with E-state index in [0.29, 0.717) is 11.5 Å². The van der Waals surface area contributed by atoms with E-state index >= 15 is 0 Å². The van der Waals surface area contributed by atoms with Crippen LogP contribution in [0.15, 0.2) is 29.3 Å². The molecule has 0 radical (unpaired) electrons. The molecule has 1 heterocycles. The molecule has 160 valence electrons. The van der Waals surface area contributed by atoms with Crippen LogP contribution in [-0.4, -0.2) is 61.8 Å². The number of ether oxygens (including phenoxy) is 1. The Labute approximate surface area is 182 Å². The van der Waals surface area contributed by atoms with Crippen LogP contribution in [0.1, 0.15) is 37.9 Å². The van der Waals surface area contributed by atoms with E-state index in [0.717, 1.165) is 26.1 Å². The number of nitrogens with zero attached hydrogens (tertiary/aromatic N) is 2. The van der Waals surface area contributed by atoms with E-state index < -0.39 is 12.7 Å². The minimum Gasteiger partial charge on any atom is -0.435 e.